The quantitative estimate of drug-likeness (QED) is 0.420. The van der Waals surface area contributed by atoms with E-state index >= 15 is 0 Å². The summed E-state index contributed by atoms with van der Waals surface area (Å²) in [6.45, 7) is -0.252. The molecule has 1 atom stereocenters. The van der Waals surface area contributed by atoms with E-state index < -0.39 is 11.9 Å². The van der Waals surface area contributed by atoms with Crippen LogP contribution in [0.3, 0.4) is 0 Å². The molecule has 0 bridgehead atoms. The zero-order valence-electron chi connectivity index (χ0n) is 4.10. The number of nitrogens with one attached hydrogen (secondary N) is 1. The Morgan fingerprint density at radius 1 is 2.00 bits per heavy atom. The number of primary amides is 1. The highest BCUT2D eigenvalue weighted by molar-refractivity contribution is 14.1. The van der Waals surface area contributed by atoms with Gasteiger partial charge in [0.05, 0.1) is 6.61 Å². The maximum Gasteiger partial charge on any atom is 0.237 e. The van der Waals surface area contributed by atoms with Gasteiger partial charge in [0.25, 0.3) is 0 Å². The lowest BCUT2D eigenvalue weighted by Crippen LogP contribution is -2.39. The van der Waals surface area contributed by atoms with Crippen molar-refractivity contribution in [2.45, 2.75) is 6.04 Å². The SMILES string of the molecule is NC(=O)C(CO)NI. The summed E-state index contributed by atoms with van der Waals surface area (Å²) in [5.41, 5.74) is 4.79. The standard InChI is InChI=1S/C3H7IN2O2/c4-6-2(1-7)3(5)8/h2,6-7H,1H2,(H2,5,8). The molecule has 1 unspecified atom stereocenters. The number of carbonyl (C=O) groups is 1. The second-order valence-corrected chi connectivity index (χ2v) is 1.87. The highest BCUT2D eigenvalue weighted by atomic mass is 127. The molecule has 1 amide bonds. The van der Waals surface area contributed by atoms with Crippen LogP contribution in [0.25, 0.3) is 0 Å². The molecule has 0 rings (SSSR count). The molecule has 48 valence electrons. The van der Waals surface area contributed by atoms with Crippen LogP contribution < -0.4 is 9.26 Å². The van der Waals surface area contributed by atoms with E-state index in [1.54, 1.807) is 22.9 Å². The summed E-state index contributed by atoms with van der Waals surface area (Å²) in [6.07, 6.45) is 0. The first kappa shape index (κ1) is 8.12. The minimum atomic E-state index is -0.615. The largest absolute Gasteiger partial charge is 0.394 e. The molecule has 0 saturated carbocycles. The van der Waals surface area contributed by atoms with Gasteiger partial charge in [0.2, 0.25) is 5.91 Å². The van der Waals surface area contributed by atoms with Gasteiger partial charge in [-0.3, -0.25) is 4.79 Å². The van der Waals surface area contributed by atoms with Crippen molar-refractivity contribution in [3.8, 4) is 0 Å². The van der Waals surface area contributed by atoms with Gasteiger partial charge in [-0.15, -0.1) is 0 Å². The van der Waals surface area contributed by atoms with Crippen molar-refractivity contribution in [1.29, 1.82) is 0 Å². The Morgan fingerprint density at radius 2 is 2.50 bits per heavy atom. The lowest BCUT2D eigenvalue weighted by molar-refractivity contribution is -0.120. The van der Waals surface area contributed by atoms with Crippen LogP contribution in [0.4, 0.5) is 0 Å². The zero-order chi connectivity index (χ0) is 6.57. The van der Waals surface area contributed by atoms with Crippen LogP contribution in [0.15, 0.2) is 0 Å². The highest BCUT2D eigenvalue weighted by Gasteiger charge is 2.09. The van der Waals surface area contributed by atoms with Crippen LogP contribution in [0.2, 0.25) is 0 Å². The summed E-state index contributed by atoms with van der Waals surface area (Å²) >= 11 is 1.75. The highest BCUT2D eigenvalue weighted by Crippen LogP contribution is 1.82. The van der Waals surface area contributed by atoms with E-state index in [2.05, 4.69) is 3.53 Å². The fraction of sp³-hybridized carbons (Fsp3) is 0.667. The number of aliphatic hydroxyl groups excluding tert-OH is 1. The fourth-order valence-corrected chi connectivity index (χ4v) is 0.682. The monoisotopic (exact) mass is 230 g/mol. The van der Waals surface area contributed by atoms with Gasteiger partial charge in [-0.1, -0.05) is 0 Å². The molecule has 0 aromatic carbocycles. The number of carbonyl (C=O) groups excluding carboxylic acids is 1. The lowest BCUT2D eigenvalue weighted by atomic mass is 10.3. The average Bonchev–Trinajstić information content (AvgIpc) is 1.69. The molecule has 0 aromatic rings. The van der Waals surface area contributed by atoms with Crippen molar-refractivity contribution >= 4 is 28.8 Å². The summed E-state index contributed by atoms with van der Waals surface area (Å²) in [4.78, 5) is 10.2. The van der Waals surface area contributed by atoms with E-state index in [4.69, 9.17) is 10.8 Å². The van der Waals surface area contributed by atoms with E-state index in [0.29, 0.717) is 0 Å². The van der Waals surface area contributed by atoms with E-state index in [0.717, 1.165) is 0 Å². The van der Waals surface area contributed by atoms with E-state index in [1.807, 2.05) is 0 Å². The van der Waals surface area contributed by atoms with Crippen LogP contribution in [-0.4, -0.2) is 23.7 Å². The average molecular weight is 230 g/mol. The van der Waals surface area contributed by atoms with Crippen LogP contribution >= 0.6 is 22.9 Å². The van der Waals surface area contributed by atoms with E-state index in [-0.39, 0.29) is 6.61 Å². The number of aliphatic hydroxyl groups is 1. The van der Waals surface area contributed by atoms with Gasteiger partial charge in [0.1, 0.15) is 6.04 Å². The first-order valence-electron chi connectivity index (χ1n) is 1.98. The molecule has 5 heteroatoms. The van der Waals surface area contributed by atoms with Gasteiger partial charge in [-0.2, -0.15) is 0 Å². The van der Waals surface area contributed by atoms with Crippen molar-refractivity contribution in [2.24, 2.45) is 5.73 Å². The van der Waals surface area contributed by atoms with Gasteiger partial charge in [-0.05, 0) is 0 Å². The van der Waals surface area contributed by atoms with Gasteiger partial charge in [-0.25, -0.2) is 3.53 Å². The minimum Gasteiger partial charge on any atom is -0.394 e. The molecule has 4 N–H and O–H groups in total. The number of hydrogen-bond donors (Lipinski definition) is 3. The normalized spacial score (nSPS) is 13.2. The van der Waals surface area contributed by atoms with Crippen molar-refractivity contribution in [2.75, 3.05) is 6.61 Å². The Hall–Kier alpha value is 0.120. The van der Waals surface area contributed by atoms with Crippen LogP contribution in [0, 0.1) is 0 Å². The van der Waals surface area contributed by atoms with Crippen molar-refractivity contribution in [1.82, 2.24) is 3.53 Å². The molecule has 4 nitrogen and oxygen atoms in total. The predicted molar refractivity (Wildman–Crippen MR) is 37.2 cm³/mol. The third-order valence-electron chi connectivity index (χ3n) is 0.658. The molecule has 0 heterocycles. The van der Waals surface area contributed by atoms with Crippen LogP contribution in [0.1, 0.15) is 0 Å². The summed E-state index contributed by atoms with van der Waals surface area (Å²) in [7, 11) is 0. The molecular formula is C3H7IN2O2. The minimum absolute atomic E-state index is 0.252. The Morgan fingerprint density at radius 3 is 2.50 bits per heavy atom. The van der Waals surface area contributed by atoms with Gasteiger partial charge < -0.3 is 10.8 Å². The van der Waals surface area contributed by atoms with E-state index in [9.17, 15) is 4.79 Å². The second-order valence-electron chi connectivity index (χ2n) is 1.25. The summed E-state index contributed by atoms with van der Waals surface area (Å²) in [5.74, 6) is -0.540. The molecule has 0 aliphatic heterocycles. The number of rotatable bonds is 3. The molecule has 0 spiro atoms. The fourth-order valence-electron chi connectivity index (χ4n) is 0.178. The first-order valence-corrected chi connectivity index (χ1v) is 3.06. The molecule has 0 aliphatic rings. The van der Waals surface area contributed by atoms with Crippen molar-refractivity contribution < 1.29 is 9.90 Å². The number of hydrogen-bond acceptors (Lipinski definition) is 3. The zero-order valence-corrected chi connectivity index (χ0v) is 6.25. The second kappa shape index (κ2) is 4.04. The molecule has 0 aromatic heterocycles. The Kier molecular flexibility index (Phi) is 4.11. The maximum absolute atomic E-state index is 10.2. The Labute approximate surface area is 60.9 Å². The summed E-state index contributed by atoms with van der Waals surface area (Å²) in [6, 6.07) is -0.615. The van der Waals surface area contributed by atoms with Crippen molar-refractivity contribution in [3.63, 3.8) is 0 Å². The maximum atomic E-state index is 10.2. The molecule has 0 fully saturated rings. The molecule has 8 heavy (non-hydrogen) atoms. The first-order chi connectivity index (χ1) is 3.72. The number of nitrogens with two attached hydrogens (primary N) is 1. The molecule has 0 saturated heterocycles. The Balaban J connectivity index is 3.52. The smallest absolute Gasteiger partial charge is 0.237 e. The van der Waals surface area contributed by atoms with Crippen LogP contribution in [0.5, 0.6) is 0 Å². The topological polar surface area (TPSA) is 75.4 Å². The Bertz CT molecular complexity index is 83.4. The van der Waals surface area contributed by atoms with Crippen LogP contribution in [-0.2, 0) is 4.79 Å². The number of halogens is 1. The van der Waals surface area contributed by atoms with Crippen molar-refractivity contribution in [3.05, 3.63) is 0 Å². The van der Waals surface area contributed by atoms with Gasteiger partial charge in [0, 0.05) is 22.9 Å². The third-order valence-corrected chi connectivity index (χ3v) is 1.41. The predicted octanol–water partition coefficient (Wildman–Crippen LogP) is -1.23. The summed E-state index contributed by atoms with van der Waals surface area (Å²) < 4.78 is 2.50. The third kappa shape index (κ3) is 2.43. The van der Waals surface area contributed by atoms with Gasteiger partial charge >= 0.3 is 0 Å². The molecule has 0 aliphatic carbocycles. The lowest BCUT2D eigenvalue weighted by Gasteiger charge is -2.04. The molecule has 0 radical (unpaired) electrons. The number of amides is 1. The molecular weight excluding hydrogens is 223 g/mol. The van der Waals surface area contributed by atoms with E-state index in [1.165, 1.54) is 0 Å². The summed E-state index contributed by atoms with van der Waals surface area (Å²) in [5, 5.41) is 8.33. The van der Waals surface area contributed by atoms with Gasteiger partial charge in [0.15, 0.2) is 0 Å².